The van der Waals surface area contributed by atoms with Crippen molar-refractivity contribution in [2.24, 2.45) is 0 Å². The van der Waals surface area contributed by atoms with Crippen LogP contribution in [-0.4, -0.2) is 26.1 Å². The summed E-state index contributed by atoms with van der Waals surface area (Å²) in [4.78, 5) is 24.3. The number of benzene rings is 2. The third-order valence-corrected chi connectivity index (χ3v) is 3.55. The maximum atomic E-state index is 12.3. The zero-order valence-corrected chi connectivity index (χ0v) is 13.5. The van der Waals surface area contributed by atoms with E-state index in [2.05, 4.69) is 5.32 Å². The molecule has 0 heterocycles. The SMILES string of the molecule is COC(=O)C(NC(=O)c1ccccc1)c1ccc(OC)c(Cl)c1. The zero-order chi connectivity index (χ0) is 16.8. The second-order valence-corrected chi connectivity index (χ2v) is 5.10. The average molecular weight is 334 g/mol. The monoisotopic (exact) mass is 333 g/mol. The van der Waals surface area contributed by atoms with Crippen LogP contribution in [0, 0.1) is 0 Å². The Morgan fingerprint density at radius 1 is 1.09 bits per heavy atom. The van der Waals surface area contributed by atoms with Gasteiger partial charge in [0.05, 0.1) is 19.2 Å². The Hall–Kier alpha value is -2.53. The van der Waals surface area contributed by atoms with Crippen LogP contribution in [0.5, 0.6) is 5.75 Å². The number of amides is 1. The van der Waals surface area contributed by atoms with E-state index in [0.717, 1.165) is 0 Å². The Morgan fingerprint density at radius 3 is 2.35 bits per heavy atom. The molecule has 0 fully saturated rings. The summed E-state index contributed by atoms with van der Waals surface area (Å²) in [6, 6.07) is 12.5. The minimum atomic E-state index is -0.962. The van der Waals surface area contributed by atoms with Gasteiger partial charge < -0.3 is 14.8 Å². The fourth-order valence-electron chi connectivity index (χ4n) is 2.06. The van der Waals surface area contributed by atoms with E-state index in [1.54, 1.807) is 48.5 Å². The minimum Gasteiger partial charge on any atom is -0.495 e. The Bertz CT molecular complexity index is 703. The smallest absolute Gasteiger partial charge is 0.333 e. The van der Waals surface area contributed by atoms with Crippen molar-refractivity contribution in [1.29, 1.82) is 0 Å². The van der Waals surface area contributed by atoms with Gasteiger partial charge in [0.15, 0.2) is 6.04 Å². The van der Waals surface area contributed by atoms with E-state index >= 15 is 0 Å². The molecule has 1 amide bonds. The van der Waals surface area contributed by atoms with Crippen molar-refractivity contribution in [1.82, 2.24) is 5.32 Å². The summed E-state index contributed by atoms with van der Waals surface area (Å²) in [7, 11) is 2.75. The second-order valence-electron chi connectivity index (χ2n) is 4.69. The van der Waals surface area contributed by atoms with Gasteiger partial charge in [-0.15, -0.1) is 0 Å². The van der Waals surface area contributed by atoms with Crippen LogP contribution < -0.4 is 10.1 Å². The highest BCUT2D eigenvalue weighted by Crippen LogP contribution is 2.28. The molecule has 0 aliphatic rings. The number of halogens is 1. The van der Waals surface area contributed by atoms with E-state index in [1.807, 2.05) is 0 Å². The standard InChI is InChI=1S/C17H16ClNO4/c1-22-14-9-8-12(10-13(14)18)15(17(21)23-2)19-16(20)11-6-4-3-5-7-11/h3-10,15H,1-2H3,(H,19,20). The van der Waals surface area contributed by atoms with Crippen LogP contribution in [0.3, 0.4) is 0 Å². The molecule has 23 heavy (non-hydrogen) atoms. The van der Waals surface area contributed by atoms with Crippen LogP contribution in [0.25, 0.3) is 0 Å². The number of hydrogen-bond donors (Lipinski definition) is 1. The first-order valence-corrected chi connectivity index (χ1v) is 7.21. The molecule has 0 saturated carbocycles. The van der Waals surface area contributed by atoms with Crippen molar-refractivity contribution in [3.8, 4) is 5.75 Å². The number of ether oxygens (including phenoxy) is 2. The van der Waals surface area contributed by atoms with Crippen molar-refractivity contribution in [3.05, 3.63) is 64.7 Å². The van der Waals surface area contributed by atoms with E-state index in [4.69, 9.17) is 21.1 Å². The first-order chi connectivity index (χ1) is 11.1. The van der Waals surface area contributed by atoms with E-state index in [-0.39, 0.29) is 5.91 Å². The molecule has 2 aromatic rings. The molecule has 0 aromatic heterocycles. The van der Waals surface area contributed by atoms with Crippen LogP contribution in [0.4, 0.5) is 0 Å². The van der Waals surface area contributed by atoms with Gasteiger partial charge in [-0.1, -0.05) is 35.9 Å². The first-order valence-electron chi connectivity index (χ1n) is 6.84. The molecular weight excluding hydrogens is 318 g/mol. The molecule has 1 unspecified atom stereocenters. The van der Waals surface area contributed by atoms with E-state index in [1.165, 1.54) is 14.2 Å². The third-order valence-electron chi connectivity index (χ3n) is 3.26. The lowest BCUT2D eigenvalue weighted by Crippen LogP contribution is -2.34. The molecule has 0 saturated heterocycles. The molecule has 2 rings (SSSR count). The normalized spacial score (nSPS) is 11.4. The number of carbonyl (C=O) groups is 2. The van der Waals surface area contributed by atoms with Crippen LogP contribution >= 0.6 is 11.6 Å². The second kappa shape index (κ2) is 7.65. The lowest BCUT2D eigenvalue weighted by atomic mass is 10.1. The number of rotatable bonds is 5. The van der Waals surface area contributed by atoms with Crippen LogP contribution in [-0.2, 0) is 9.53 Å². The molecule has 1 atom stereocenters. The van der Waals surface area contributed by atoms with Gasteiger partial charge >= 0.3 is 5.97 Å². The van der Waals surface area contributed by atoms with Gasteiger partial charge in [0.2, 0.25) is 0 Å². The van der Waals surface area contributed by atoms with Crippen molar-refractivity contribution in [2.45, 2.75) is 6.04 Å². The predicted molar refractivity (Wildman–Crippen MR) is 86.7 cm³/mol. The Kier molecular flexibility index (Phi) is 5.60. The zero-order valence-electron chi connectivity index (χ0n) is 12.7. The summed E-state index contributed by atoms with van der Waals surface area (Å²) in [6.45, 7) is 0. The van der Waals surface area contributed by atoms with E-state index in [9.17, 15) is 9.59 Å². The molecule has 120 valence electrons. The molecule has 6 heteroatoms. The summed E-state index contributed by atoms with van der Waals surface area (Å²) >= 11 is 6.09. The highest BCUT2D eigenvalue weighted by molar-refractivity contribution is 6.32. The largest absolute Gasteiger partial charge is 0.495 e. The lowest BCUT2D eigenvalue weighted by Gasteiger charge is -2.18. The fourth-order valence-corrected chi connectivity index (χ4v) is 2.33. The maximum absolute atomic E-state index is 12.3. The van der Waals surface area contributed by atoms with E-state index < -0.39 is 12.0 Å². The topological polar surface area (TPSA) is 64.6 Å². The van der Waals surface area contributed by atoms with Gasteiger partial charge in [0, 0.05) is 5.56 Å². The number of esters is 1. The van der Waals surface area contributed by atoms with E-state index in [0.29, 0.717) is 21.9 Å². The summed E-state index contributed by atoms with van der Waals surface area (Å²) in [5, 5.41) is 2.99. The van der Waals surface area contributed by atoms with Gasteiger partial charge in [0.1, 0.15) is 5.75 Å². The fraction of sp³-hybridized carbons (Fsp3) is 0.176. The van der Waals surface area contributed by atoms with Gasteiger partial charge in [-0.25, -0.2) is 4.79 Å². The summed E-state index contributed by atoms with van der Waals surface area (Å²) in [6.07, 6.45) is 0. The molecule has 5 nitrogen and oxygen atoms in total. The summed E-state index contributed by atoms with van der Waals surface area (Å²) < 4.78 is 9.85. The lowest BCUT2D eigenvalue weighted by molar-refractivity contribution is -0.143. The van der Waals surface area contributed by atoms with Gasteiger partial charge in [0.25, 0.3) is 5.91 Å². The van der Waals surface area contributed by atoms with Crippen LogP contribution in [0.2, 0.25) is 5.02 Å². The number of hydrogen-bond acceptors (Lipinski definition) is 4. The maximum Gasteiger partial charge on any atom is 0.333 e. The highest BCUT2D eigenvalue weighted by Gasteiger charge is 2.25. The van der Waals surface area contributed by atoms with Crippen molar-refractivity contribution in [2.75, 3.05) is 14.2 Å². The van der Waals surface area contributed by atoms with Gasteiger partial charge in [-0.05, 0) is 29.8 Å². The predicted octanol–water partition coefficient (Wildman–Crippen LogP) is 2.99. The van der Waals surface area contributed by atoms with Crippen LogP contribution in [0.15, 0.2) is 48.5 Å². The molecule has 0 aliphatic carbocycles. The minimum absolute atomic E-state index is 0.341. The molecule has 0 radical (unpaired) electrons. The Balaban J connectivity index is 2.29. The molecule has 0 spiro atoms. The molecule has 0 aliphatic heterocycles. The number of nitrogens with one attached hydrogen (secondary N) is 1. The average Bonchev–Trinajstić information content (AvgIpc) is 2.59. The van der Waals surface area contributed by atoms with Gasteiger partial charge in [-0.2, -0.15) is 0 Å². The van der Waals surface area contributed by atoms with Gasteiger partial charge in [-0.3, -0.25) is 4.79 Å². The molecular formula is C17H16ClNO4. The number of methoxy groups -OCH3 is 2. The Labute approximate surface area is 139 Å². The first kappa shape index (κ1) is 16.8. The summed E-state index contributed by atoms with van der Waals surface area (Å²) in [5.41, 5.74) is 0.952. The van der Waals surface area contributed by atoms with Crippen molar-refractivity contribution >= 4 is 23.5 Å². The summed E-state index contributed by atoms with van der Waals surface area (Å²) in [5.74, 6) is -0.489. The quantitative estimate of drug-likeness (QED) is 0.854. The van der Waals surface area contributed by atoms with Crippen molar-refractivity contribution < 1.29 is 19.1 Å². The van der Waals surface area contributed by atoms with Crippen molar-refractivity contribution in [3.63, 3.8) is 0 Å². The number of carbonyl (C=O) groups excluding carboxylic acids is 2. The third kappa shape index (κ3) is 4.02. The molecule has 2 aromatic carbocycles. The Morgan fingerprint density at radius 2 is 1.78 bits per heavy atom. The molecule has 0 bridgehead atoms. The van der Waals surface area contributed by atoms with Crippen LogP contribution in [0.1, 0.15) is 22.0 Å². The molecule has 1 N–H and O–H groups in total. The highest BCUT2D eigenvalue weighted by atomic mass is 35.5.